The summed E-state index contributed by atoms with van der Waals surface area (Å²) in [7, 11) is 0. The van der Waals surface area contributed by atoms with Gasteiger partial charge in [0, 0.05) is 44.6 Å². The van der Waals surface area contributed by atoms with Gasteiger partial charge < -0.3 is 19.9 Å². The van der Waals surface area contributed by atoms with Gasteiger partial charge in [-0.25, -0.2) is 9.78 Å². The van der Waals surface area contributed by atoms with Gasteiger partial charge in [-0.15, -0.1) is 0 Å². The van der Waals surface area contributed by atoms with Crippen LogP contribution in [-0.2, 0) is 6.54 Å². The van der Waals surface area contributed by atoms with Crippen molar-refractivity contribution in [1.82, 2.24) is 19.8 Å². The number of nitrogens with zero attached hydrogens (tertiary/aromatic N) is 3. The predicted octanol–water partition coefficient (Wildman–Crippen LogP) is -0.165. The Bertz CT molecular complexity index is 325. The number of imidazole rings is 1. The van der Waals surface area contributed by atoms with Crippen molar-refractivity contribution in [2.24, 2.45) is 0 Å². The van der Waals surface area contributed by atoms with Crippen molar-refractivity contribution in [3.05, 3.63) is 18.7 Å². The number of piperazine rings is 1. The highest BCUT2D eigenvalue weighted by molar-refractivity contribution is 5.65. The van der Waals surface area contributed by atoms with Crippen LogP contribution in [0.15, 0.2) is 18.7 Å². The summed E-state index contributed by atoms with van der Waals surface area (Å²) in [5.41, 5.74) is 0. The van der Waals surface area contributed by atoms with Gasteiger partial charge in [0.05, 0.1) is 6.33 Å². The zero-order chi connectivity index (χ0) is 10.7. The van der Waals surface area contributed by atoms with Crippen molar-refractivity contribution < 1.29 is 9.90 Å². The number of aromatic nitrogens is 2. The molecule has 82 valence electrons. The molecule has 0 bridgehead atoms. The zero-order valence-corrected chi connectivity index (χ0v) is 8.33. The molecule has 1 atom stereocenters. The van der Waals surface area contributed by atoms with E-state index in [0.717, 1.165) is 6.54 Å². The molecular weight excluding hydrogens is 196 g/mol. The van der Waals surface area contributed by atoms with Gasteiger partial charge >= 0.3 is 6.09 Å². The van der Waals surface area contributed by atoms with Crippen molar-refractivity contribution in [3.8, 4) is 0 Å². The highest BCUT2D eigenvalue weighted by Gasteiger charge is 2.22. The van der Waals surface area contributed by atoms with Crippen LogP contribution in [0.5, 0.6) is 0 Å². The molecule has 0 aliphatic carbocycles. The van der Waals surface area contributed by atoms with E-state index >= 15 is 0 Å². The van der Waals surface area contributed by atoms with Crippen LogP contribution in [0.2, 0.25) is 0 Å². The Morgan fingerprint density at radius 1 is 1.67 bits per heavy atom. The second-order valence-electron chi connectivity index (χ2n) is 3.64. The zero-order valence-electron chi connectivity index (χ0n) is 8.33. The third kappa shape index (κ3) is 2.47. The Hall–Kier alpha value is -1.56. The lowest BCUT2D eigenvalue weighted by molar-refractivity contribution is 0.126. The minimum atomic E-state index is -0.841. The third-order valence-electron chi connectivity index (χ3n) is 2.52. The van der Waals surface area contributed by atoms with E-state index in [1.165, 1.54) is 4.90 Å². The van der Waals surface area contributed by atoms with Crippen LogP contribution in [-0.4, -0.2) is 51.3 Å². The van der Waals surface area contributed by atoms with Crippen LogP contribution in [0.4, 0.5) is 4.79 Å². The summed E-state index contributed by atoms with van der Waals surface area (Å²) in [6, 6.07) is 0.170. The third-order valence-corrected chi connectivity index (χ3v) is 2.52. The van der Waals surface area contributed by atoms with Crippen molar-refractivity contribution in [2.75, 3.05) is 19.6 Å². The number of carbonyl (C=O) groups is 1. The Kier molecular flexibility index (Phi) is 2.86. The van der Waals surface area contributed by atoms with Crippen molar-refractivity contribution in [3.63, 3.8) is 0 Å². The molecular formula is C9H14N4O2. The molecule has 6 nitrogen and oxygen atoms in total. The molecule has 15 heavy (non-hydrogen) atoms. The van der Waals surface area contributed by atoms with Crippen molar-refractivity contribution in [2.45, 2.75) is 12.6 Å². The summed E-state index contributed by atoms with van der Waals surface area (Å²) in [5.74, 6) is 0. The van der Waals surface area contributed by atoms with E-state index in [9.17, 15) is 4.79 Å². The first kappa shape index (κ1) is 9.97. The number of hydrogen-bond donors (Lipinski definition) is 2. The lowest BCUT2D eigenvalue weighted by atomic mass is 10.2. The molecule has 2 rings (SSSR count). The molecule has 1 saturated heterocycles. The quantitative estimate of drug-likeness (QED) is 0.711. The van der Waals surface area contributed by atoms with Gasteiger partial charge in [-0.2, -0.15) is 0 Å². The first-order valence-electron chi connectivity index (χ1n) is 4.92. The van der Waals surface area contributed by atoms with Crippen LogP contribution in [0.1, 0.15) is 0 Å². The molecule has 1 aromatic rings. The Morgan fingerprint density at radius 3 is 3.20 bits per heavy atom. The van der Waals surface area contributed by atoms with E-state index in [1.807, 2.05) is 10.8 Å². The van der Waals surface area contributed by atoms with Gasteiger partial charge in [-0.1, -0.05) is 0 Å². The van der Waals surface area contributed by atoms with Gasteiger partial charge in [0.15, 0.2) is 0 Å². The van der Waals surface area contributed by atoms with Gasteiger partial charge in [0.2, 0.25) is 0 Å². The summed E-state index contributed by atoms with van der Waals surface area (Å²) in [6.45, 7) is 2.57. The smallest absolute Gasteiger partial charge is 0.407 e. The summed E-state index contributed by atoms with van der Waals surface area (Å²) in [5, 5.41) is 12.1. The van der Waals surface area contributed by atoms with Gasteiger partial charge in [0.1, 0.15) is 0 Å². The standard InChI is InChI=1S/C9H14N4O2/c14-9(15)13-4-2-11-8(6-13)5-12-3-1-10-7-12/h1,3,7-8,11H,2,4-6H2,(H,14,15)/t8-/m0/s1. The fourth-order valence-corrected chi connectivity index (χ4v) is 1.77. The lowest BCUT2D eigenvalue weighted by Crippen LogP contribution is -2.53. The van der Waals surface area contributed by atoms with E-state index in [4.69, 9.17) is 5.11 Å². The first-order chi connectivity index (χ1) is 7.25. The second kappa shape index (κ2) is 4.31. The monoisotopic (exact) mass is 210 g/mol. The van der Waals surface area contributed by atoms with E-state index < -0.39 is 6.09 Å². The SMILES string of the molecule is O=C(O)N1CCN[C@@H](Cn2ccnc2)C1. The Labute approximate surface area is 87.5 Å². The average molecular weight is 210 g/mol. The van der Waals surface area contributed by atoms with E-state index in [2.05, 4.69) is 10.3 Å². The van der Waals surface area contributed by atoms with Crippen molar-refractivity contribution in [1.29, 1.82) is 0 Å². The predicted molar refractivity (Wildman–Crippen MR) is 53.6 cm³/mol. The van der Waals surface area contributed by atoms with Crippen LogP contribution < -0.4 is 5.32 Å². The second-order valence-corrected chi connectivity index (χ2v) is 3.64. The van der Waals surface area contributed by atoms with E-state index in [0.29, 0.717) is 19.6 Å². The molecule has 0 aromatic carbocycles. The van der Waals surface area contributed by atoms with Crippen LogP contribution in [0.25, 0.3) is 0 Å². The Balaban J connectivity index is 1.90. The molecule has 1 amide bonds. The molecule has 2 N–H and O–H groups in total. The lowest BCUT2D eigenvalue weighted by Gasteiger charge is -2.31. The molecule has 0 radical (unpaired) electrons. The maximum atomic E-state index is 10.8. The molecule has 6 heteroatoms. The fraction of sp³-hybridized carbons (Fsp3) is 0.556. The van der Waals surface area contributed by atoms with E-state index in [1.54, 1.807) is 12.5 Å². The maximum Gasteiger partial charge on any atom is 0.407 e. The summed E-state index contributed by atoms with van der Waals surface area (Å²) in [6.07, 6.45) is 4.49. The topological polar surface area (TPSA) is 70.4 Å². The highest BCUT2D eigenvalue weighted by Crippen LogP contribution is 2.02. The van der Waals surface area contributed by atoms with Crippen LogP contribution in [0.3, 0.4) is 0 Å². The molecule has 0 saturated carbocycles. The van der Waals surface area contributed by atoms with Gasteiger partial charge in [0.25, 0.3) is 0 Å². The molecule has 2 heterocycles. The first-order valence-corrected chi connectivity index (χ1v) is 4.92. The minimum Gasteiger partial charge on any atom is -0.465 e. The number of rotatable bonds is 2. The summed E-state index contributed by atoms with van der Waals surface area (Å²) in [4.78, 5) is 16.2. The molecule has 1 aromatic heterocycles. The van der Waals surface area contributed by atoms with Crippen LogP contribution >= 0.6 is 0 Å². The summed E-state index contributed by atoms with van der Waals surface area (Å²) < 4.78 is 1.95. The number of hydrogen-bond acceptors (Lipinski definition) is 3. The minimum absolute atomic E-state index is 0.170. The largest absolute Gasteiger partial charge is 0.465 e. The number of carboxylic acid groups (broad SMARTS) is 1. The normalized spacial score (nSPS) is 21.6. The van der Waals surface area contributed by atoms with Crippen LogP contribution in [0, 0.1) is 0 Å². The fourth-order valence-electron chi connectivity index (χ4n) is 1.77. The van der Waals surface area contributed by atoms with Gasteiger partial charge in [-0.3, -0.25) is 0 Å². The average Bonchev–Trinajstić information content (AvgIpc) is 2.71. The Morgan fingerprint density at radius 2 is 2.53 bits per heavy atom. The van der Waals surface area contributed by atoms with Crippen molar-refractivity contribution >= 4 is 6.09 Å². The summed E-state index contributed by atoms with van der Waals surface area (Å²) >= 11 is 0. The molecule has 1 fully saturated rings. The number of amides is 1. The number of nitrogens with one attached hydrogen (secondary N) is 1. The molecule has 1 aliphatic heterocycles. The van der Waals surface area contributed by atoms with Gasteiger partial charge in [-0.05, 0) is 0 Å². The molecule has 0 unspecified atom stereocenters. The maximum absolute atomic E-state index is 10.8. The van der Waals surface area contributed by atoms with E-state index in [-0.39, 0.29) is 6.04 Å². The molecule has 0 spiro atoms. The molecule has 1 aliphatic rings. The highest BCUT2D eigenvalue weighted by atomic mass is 16.4.